The van der Waals surface area contributed by atoms with Crippen LogP contribution in [0.1, 0.15) is 69.7 Å². The van der Waals surface area contributed by atoms with Gasteiger partial charge >= 0.3 is 12.1 Å². The summed E-state index contributed by atoms with van der Waals surface area (Å²) in [5.74, 6) is -1.30. The number of anilines is 1. The average Bonchev–Trinajstić information content (AvgIpc) is 2.82. The van der Waals surface area contributed by atoms with Crippen LogP contribution in [0.4, 0.5) is 10.5 Å². The SMILES string of the molecule is CC(C)(C)OC(=O)N1CCC(CCC(=O)N2CCC[C@@H](C(=O)Nc3ccccc3C(=O)O)C2)CC1. The Kier molecular flexibility index (Phi) is 8.75. The van der Waals surface area contributed by atoms with Crippen molar-refractivity contribution in [2.24, 2.45) is 11.8 Å². The number of rotatable bonds is 6. The van der Waals surface area contributed by atoms with Crippen LogP contribution in [0.2, 0.25) is 0 Å². The van der Waals surface area contributed by atoms with Crippen molar-refractivity contribution >= 4 is 29.6 Å². The summed E-state index contributed by atoms with van der Waals surface area (Å²) in [4.78, 5) is 52.8. The number of carboxylic acid groups (broad SMARTS) is 1. The number of ether oxygens (including phenoxy) is 1. The number of aromatic carboxylic acids is 1. The van der Waals surface area contributed by atoms with Crippen molar-refractivity contribution in [1.82, 2.24) is 9.80 Å². The van der Waals surface area contributed by atoms with Crippen LogP contribution in [-0.2, 0) is 14.3 Å². The number of nitrogens with one attached hydrogen (secondary N) is 1. The van der Waals surface area contributed by atoms with E-state index in [4.69, 9.17) is 4.74 Å². The number of hydrogen-bond donors (Lipinski definition) is 2. The summed E-state index contributed by atoms with van der Waals surface area (Å²) in [5, 5.41) is 12.1. The van der Waals surface area contributed by atoms with Gasteiger partial charge in [0.1, 0.15) is 5.60 Å². The topological polar surface area (TPSA) is 116 Å². The van der Waals surface area contributed by atoms with Crippen LogP contribution in [-0.4, -0.2) is 70.6 Å². The maximum absolute atomic E-state index is 12.9. The normalized spacial score (nSPS) is 19.2. The lowest BCUT2D eigenvalue weighted by atomic mass is 9.91. The summed E-state index contributed by atoms with van der Waals surface area (Å²) >= 11 is 0. The van der Waals surface area contributed by atoms with Crippen LogP contribution in [0, 0.1) is 11.8 Å². The van der Waals surface area contributed by atoms with Crippen LogP contribution in [0.15, 0.2) is 24.3 Å². The van der Waals surface area contributed by atoms with Crippen molar-refractivity contribution in [3.8, 4) is 0 Å². The Morgan fingerprint density at radius 3 is 2.37 bits per heavy atom. The number of amides is 3. The molecule has 0 bridgehead atoms. The molecule has 3 amide bonds. The van der Waals surface area contributed by atoms with Crippen molar-refractivity contribution < 1.29 is 29.0 Å². The number of carboxylic acids is 1. The van der Waals surface area contributed by atoms with E-state index in [1.165, 1.54) is 6.07 Å². The monoisotopic (exact) mass is 487 g/mol. The maximum atomic E-state index is 12.9. The molecule has 35 heavy (non-hydrogen) atoms. The van der Waals surface area contributed by atoms with E-state index in [0.29, 0.717) is 44.9 Å². The quantitative estimate of drug-likeness (QED) is 0.627. The molecule has 0 aliphatic carbocycles. The molecule has 2 aliphatic heterocycles. The van der Waals surface area contributed by atoms with E-state index < -0.39 is 11.6 Å². The molecular formula is C26H37N3O6. The van der Waals surface area contributed by atoms with Gasteiger partial charge in [0.05, 0.1) is 17.2 Å². The number of piperidine rings is 2. The van der Waals surface area contributed by atoms with E-state index in [-0.39, 0.29) is 35.1 Å². The predicted octanol–water partition coefficient (Wildman–Crippen LogP) is 3.99. The second kappa shape index (κ2) is 11.6. The highest BCUT2D eigenvalue weighted by Gasteiger charge is 2.30. The number of benzene rings is 1. The first-order valence-corrected chi connectivity index (χ1v) is 12.4. The van der Waals surface area contributed by atoms with Gasteiger partial charge in [-0.1, -0.05) is 12.1 Å². The van der Waals surface area contributed by atoms with Crippen molar-refractivity contribution in [3.63, 3.8) is 0 Å². The van der Waals surface area contributed by atoms with Gasteiger partial charge in [-0.3, -0.25) is 9.59 Å². The molecule has 192 valence electrons. The van der Waals surface area contributed by atoms with Gasteiger partial charge in [-0.25, -0.2) is 9.59 Å². The van der Waals surface area contributed by atoms with Gasteiger partial charge in [0.2, 0.25) is 11.8 Å². The highest BCUT2D eigenvalue weighted by atomic mass is 16.6. The fourth-order valence-corrected chi connectivity index (χ4v) is 4.65. The highest BCUT2D eigenvalue weighted by Crippen LogP contribution is 2.26. The number of hydrogen-bond acceptors (Lipinski definition) is 5. The van der Waals surface area contributed by atoms with Crippen LogP contribution in [0.5, 0.6) is 0 Å². The lowest BCUT2D eigenvalue weighted by molar-refractivity contribution is -0.135. The molecule has 0 aromatic heterocycles. The first kappa shape index (κ1) is 26.5. The predicted molar refractivity (Wildman–Crippen MR) is 131 cm³/mol. The number of likely N-dealkylation sites (tertiary alicyclic amines) is 2. The molecule has 2 saturated heterocycles. The smallest absolute Gasteiger partial charge is 0.410 e. The van der Waals surface area contributed by atoms with Gasteiger partial charge in [0.15, 0.2) is 0 Å². The van der Waals surface area contributed by atoms with E-state index in [0.717, 1.165) is 25.7 Å². The molecule has 2 N–H and O–H groups in total. The Morgan fingerprint density at radius 2 is 1.71 bits per heavy atom. The molecule has 2 fully saturated rings. The van der Waals surface area contributed by atoms with E-state index in [1.807, 2.05) is 20.8 Å². The molecule has 1 atom stereocenters. The summed E-state index contributed by atoms with van der Waals surface area (Å²) in [5.41, 5.74) is -0.197. The lowest BCUT2D eigenvalue weighted by Crippen LogP contribution is -2.44. The van der Waals surface area contributed by atoms with Crippen LogP contribution in [0.25, 0.3) is 0 Å². The number of carbonyl (C=O) groups is 4. The zero-order valence-electron chi connectivity index (χ0n) is 20.9. The van der Waals surface area contributed by atoms with Crippen LogP contribution < -0.4 is 5.32 Å². The zero-order valence-corrected chi connectivity index (χ0v) is 20.9. The first-order chi connectivity index (χ1) is 16.5. The Labute approximate surface area is 206 Å². The van der Waals surface area contributed by atoms with Crippen molar-refractivity contribution in [2.75, 3.05) is 31.5 Å². The second-order valence-corrected chi connectivity index (χ2v) is 10.5. The standard InChI is InChI=1S/C26H37N3O6/c1-26(2,3)35-25(34)28-15-12-18(13-16-28)10-11-22(30)29-14-6-7-19(17-29)23(31)27-21-9-5-4-8-20(21)24(32)33/h4-5,8-9,18-19H,6-7,10-17H2,1-3H3,(H,27,31)(H,32,33)/t19-/m1/s1. The summed E-state index contributed by atoms with van der Waals surface area (Å²) in [6.45, 7) is 7.81. The minimum absolute atomic E-state index is 0.0438. The van der Waals surface area contributed by atoms with E-state index in [9.17, 15) is 24.3 Å². The molecule has 0 radical (unpaired) electrons. The molecule has 0 saturated carbocycles. The molecular weight excluding hydrogens is 450 g/mol. The van der Waals surface area contributed by atoms with Gasteiger partial charge in [-0.2, -0.15) is 0 Å². The number of carbonyl (C=O) groups excluding carboxylic acids is 3. The third-order valence-electron chi connectivity index (χ3n) is 6.59. The molecule has 2 aliphatic rings. The maximum Gasteiger partial charge on any atom is 0.410 e. The Bertz CT molecular complexity index is 933. The Morgan fingerprint density at radius 1 is 1.03 bits per heavy atom. The van der Waals surface area contributed by atoms with Crippen molar-refractivity contribution in [2.45, 2.75) is 64.9 Å². The lowest BCUT2D eigenvalue weighted by Gasteiger charge is -2.34. The van der Waals surface area contributed by atoms with Gasteiger partial charge < -0.3 is 25.0 Å². The fraction of sp³-hybridized carbons (Fsp3) is 0.615. The van der Waals surface area contributed by atoms with Gasteiger partial charge in [0.25, 0.3) is 0 Å². The average molecular weight is 488 g/mol. The Hall–Kier alpha value is -3.10. The van der Waals surface area contributed by atoms with Crippen molar-refractivity contribution in [3.05, 3.63) is 29.8 Å². The molecule has 3 rings (SSSR count). The van der Waals surface area contributed by atoms with E-state index in [2.05, 4.69) is 5.32 Å². The molecule has 0 unspecified atom stereocenters. The molecule has 1 aromatic carbocycles. The number of para-hydroxylation sites is 1. The summed E-state index contributed by atoms with van der Waals surface area (Å²) in [7, 11) is 0. The fourth-order valence-electron chi connectivity index (χ4n) is 4.65. The highest BCUT2D eigenvalue weighted by molar-refractivity contribution is 6.01. The molecule has 0 spiro atoms. The third-order valence-corrected chi connectivity index (χ3v) is 6.59. The molecule has 1 aromatic rings. The Balaban J connectivity index is 1.44. The largest absolute Gasteiger partial charge is 0.478 e. The minimum Gasteiger partial charge on any atom is -0.478 e. The van der Waals surface area contributed by atoms with Gasteiger partial charge in [-0.15, -0.1) is 0 Å². The molecule has 2 heterocycles. The zero-order chi connectivity index (χ0) is 25.6. The summed E-state index contributed by atoms with van der Waals surface area (Å²) in [6.07, 6.45) is 4.00. The number of nitrogens with zero attached hydrogens (tertiary/aromatic N) is 2. The summed E-state index contributed by atoms with van der Waals surface area (Å²) < 4.78 is 5.44. The molecule has 9 nitrogen and oxygen atoms in total. The van der Waals surface area contributed by atoms with Crippen molar-refractivity contribution in [1.29, 1.82) is 0 Å². The summed E-state index contributed by atoms with van der Waals surface area (Å²) in [6, 6.07) is 6.31. The first-order valence-electron chi connectivity index (χ1n) is 12.4. The van der Waals surface area contributed by atoms with Crippen LogP contribution >= 0.6 is 0 Å². The van der Waals surface area contributed by atoms with Gasteiger partial charge in [0, 0.05) is 32.6 Å². The van der Waals surface area contributed by atoms with E-state index >= 15 is 0 Å². The van der Waals surface area contributed by atoms with Crippen LogP contribution in [0.3, 0.4) is 0 Å². The second-order valence-electron chi connectivity index (χ2n) is 10.5. The third kappa shape index (κ3) is 7.70. The minimum atomic E-state index is -1.10. The van der Waals surface area contributed by atoms with E-state index in [1.54, 1.807) is 28.0 Å². The molecule has 9 heteroatoms. The van der Waals surface area contributed by atoms with Gasteiger partial charge in [-0.05, 0) is 70.9 Å².